The van der Waals surface area contributed by atoms with Crippen molar-refractivity contribution in [1.82, 2.24) is 4.98 Å². The molecule has 0 aliphatic heterocycles. The summed E-state index contributed by atoms with van der Waals surface area (Å²) in [4.78, 5) is 7.15. The van der Waals surface area contributed by atoms with E-state index in [1.54, 1.807) is 0 Å². The van der Waals surface area contributed by atoms with Crippen LogP contribution in [0.15, 0.2) is 206 Å². The van der Waals surface area contributed by atoms with Crippen LogP contribution < -0.4 is 4.90 Å². The van der Waals surface area contributed by atoms with Crippen molar-refractivity contribution in [1.29, 1.82) is 0 Å². The summed E-state index contributed by atoms with van der Waals surface area (Å²) in [6, 6.07) is 63.6. The number of pyridine rings is 1. The molecule has 1 unspecified atom stereocenters. The van der Waals surface area contributed by atoms with Gasteiger partial charge in [0.1, 0.15) is 0 Å². The molecule has 11 rings (SSSR count). The lowest BCUT2D eigenvalue weighted by atomic mass is 9.67. The maximum Gasteiger partial charge on any atom is 0.0713 e. The molecular weight excluding hydrogens is 701 g/mol. The topological polar surface area (TPSA) is 16.1 Å². The van der Waals surface area contributed by atoms with Gasteiger partial charge in [0.05, 0.1) is 17.2 Å². The van der Waals surface area contributed by atoms with Gasteiger partial charge in [0.25, 0.3) is 0 Å². The lowest BCUT2D eigenvalue weighted by Gasteiger charge is -2.36. The van der Waals surface area contributed by atoms with E-state index in [1.165, 1.54) is 77.8 Å². The smallest absolute Gasteiger partial charge is 0.0713 e. The molecule has 2 atom stereocenters. The normalized spacial score (nSPS) is 17.5. The Morgan fingerprint density at radius 2 is 1.29 bits per heavy atom. The second-order valence-corrected chi connectivity index (χ2v) is 15.8. The van der Waals surface area contributed by atoms with Crippen LogP contribution in [0.5, 0.6) is 0 Å². The Hall–Kier alpha value is -7.03. The summed E-state index contributed by atoms with van der Waals surface area (Å²) in [7, 11) is 0. The van der Waals surface area contributed by atoms with E-state index < -0.39 is 5.41 Å². The summed E-state index contributed by atoms with van der Waals surface area (Å²) in [5.74, 6) is 0. The number of aromatic nitrogens is 1. The molecular formula is C56H42N2. The van der Waals surface area contributed by atoms with Crippen LogP contribution in [0.25, 0.3) is 50.4 Å². The second kappa shape index (κ2) is 14.2. The van der Waals surface area contributed by atoms with Crippen LogP contribution in [0.1, 0.15) is 46.2 Å². The fourth-order valence-corrected chi connectivity index (χ4v) is 9.77. The quantitative estimate of drug-likeness (QED) is 0.162. The Bertz CT molecular complexity index is 2900. The third-order valence-electron chi connectivity index (χ3n) is 12.5. The molecule has 3 aliphatic rings. The van der Waals surface area contributed by atoms with Crippen LogP contribution in [0.2, 0.25) is 0 Å². The highest BCUT2D eigenvalue weighted by Crippen LogP contribution is 2.57. The van der Waals surface area contributed by atoms with Crippen molar-refractivity contribution in [3.8, 4) is 33.5 Å². The van der Waals surface area contributed by atoms with Crippen molar-refractivity contribution in [2.45, 2.75) is 30.7 Å². The van der Waals surface area contributed by atoms with Gasteiger partial charge >= 0.3 is 0 Å². The average molecular weight is 743 g/mol. The third kappa shape index (κ3) is 5.67. The minimum absolute atomic E-state index is 0.203. The highest BCUT2D eigenvalue weighted by atomic mass is 15.2. The fraction of sp³-hybridized carbons (Fsp3) is 0.0893. The van der Waals surface area contributed by atoms with Crippen molar-refractivity contribution < 1.29 is 0 Å². The predicted octanol–water partition coefficient (Wildman–Crippen LogP) is 13.9. The number of hydrogen-bond donors (Lipinski definition) is 0. The highest BCUT2D eigenvalue weighted by Gasteiger charge is 2.46. The van der Waals surface area contributed by atoms with Crippen LogP contribution in [0, 0.1) is 0 Å². The number of nitrogens with zero attached hydrogens (tertiary/aromatic N) is 2. The van der Waals surface area contributed by atoms with E-state index in [-0.39, 0.29) is 6.04 Å². The van der Waals surface area contributed by atoms with E-state index in [9.17, 15) is 0 Å². The number of hydrogen-bond acceptors (Lipinski definition) is 2. The molecule has 1 heterocycles. The largest absolute Gasteiger partial charge is 0.334 e. The van der Waals surface area contributed by atoms with Crippen LogP contribution in [0.4, 0.5) is 11.4 Å². The molecule has 0 fully saturated rings. The van der Waals surface area contributed by atoms with Crippen LogP contribution in [-0.4, -0.2) is 11.0 Å². The standard InChI is InChI=1S/C56H42N2/c1-3-15-46(16-4-1)56(53-20-10-9-19-51(53)52-37-45-36-44(55-21-11-12-34-57-55)25-24-43(45)38-54(52)56)47-28-32-50(33-29-47)58(48-17-5-2-6-18-48)49-30-26-40(27-31-49)42-23-22-39-13-7-8-14-41(39)35-42/h1-6,8-12,14-17,19-38,48H,7,13,18H2/t48-,56?/m0/s1. The maximum absolute atomic E-state index is 4.65. The van der Waals surface area contributed by atoms with E-state index in [2.05, 4.69) is 210 Å². The molecule has 1 aromatic heterocycles. The van der Waals surface area contributed by atoms with Gasteiger partial charge in [-0.05, 0) is 146 Å². The molecule has 0 saturated heterocycles. The van der Waals surface area contributed by atoms with E-state index >= 15 is 0 Å². The zero-order chi connectivity index (χ0) is 38.5. The highest BCUT2D eigenvalue weighted by molar-refractivity contribution is 5.97. The van der Waals surface area contributed by atoms with Gasteiger partial charge in [-0.15, -0.1) is 0 Å². The summed E-state index contributed by atoms with van der Waals surface area (Å²) >= 11 is 0. The molecule has 0 N–H and O–H groups in total. The minimum Gasteiger partial charge on any atom is -0.334 e. The Morgan fingerprint density at radius 3 is 2.10 bits per heavy atom. The molecule has 2 heteroatoms. The zero-order valence-corrected chi connectivity index (χ0v) is 32.3. The molecule has 8 aromatic rings. The monoisotopic (exact) mass is 742 g/mol. The lowest BCUT2D eigenvalue weighted by molar-refractivity contribution is 0.765. The number of fused-ring (bicyclic) bond motifs is 5. The van der Waals surface area contributed by atoms with Crippen LogP contribution in [0.3, 0.4) is 0 Å². The first-order chi connectivity index (χ1) is 28.7. The van der Waals surface area contributed by atoms with Gasteiger partial charge in [0.15, 0.2) is 0 Å². The van der Waals surface area contributed by atoms with Crippen molar-refractivity contribution in [3.05, 3.63) is 240 Å². The lowest BCUT2D eigenvalue weighted by Crippen LogP contribution is -2.31. The van der Waals surface area contributed by atoms with Crippen molar-refractivity contribution >= 4 is 28.2 Å². The van der Waals surface area contributed by atoms with Crippen molar-refractivity contribution in [2.24, 2.45) is 0 Å². The number of benzene rings is 7. The number of anilines is 2. The second-order valence-electron chi connectivity index (χ2n) is 15.8. The molecule has 58 heavy (non-hydrogen) atoms. The maximum atomic E-state index is 4.65. The van der Waals surface area contributed by atoms with Gasteiger partial charge in [-0.1, -0.05) is 146 Å². The SMILES string of the molecule is C1=CC[C@@H](N(c2ccc(-c3ccc4c(c3)C=CCC4)cc2)c2ccc(C3(c4ccccc4)c4ccccc4-c4cc5cc(-c6ccccn6)ccc5cc43)cc2)C=C1. The Morgan fingerprint density at radius 1 is 0.534 bits per heavy atom. The van der Waals surface area contributed by atoms with E-state index in [0.29, 0.717) is 0 Å². The third-order valence-corrected chi connectivity index (χ3v) is 12.5. The zero-order valence-electron chi connectivity index (χ0n) is 32.3. The summed E-state index contributed by atoms with van der Waals surface area (Å²) in [6.45, 7) is 0. The molecule has 0 saturated carbocycles. The van der Waals surface area contributed by atoms with Gasteiger partial charge < -0.3 is 4.90 Å². The molecule has 0 spiro atoms. The summed E-state index contributed by atoms with van der Waals surface area (Å²) in [6.07, 6.45) is 18.6. The molecule has 3 aliphatic carbocycles. The Labute approximate surface area is 340 Å². The first kappa shape index (κ1) is 34.2. The summed E-state index contributed by atoms with van der Waals surface area (Å²) < 4.78 is 0. The molecule has 2 nitrogen and oxygen atoms in total. The summed E-state index contributed by atoms with van der Waals surface area (Å²) in [5.41, 5.74) is 17.0. The number of rotatable bonds is 7. The van der Waals surface area contributed by atoms with E-state index in [4.69, 9.17) is 0 Å². The summed E-state index contributed by atoms with van der Waals surface area (Å²) in [5, 5.41) is 2.44. The average Bonchev–Trinajstić information content (AvgIpc) is 3.59. The van der Waals surface area contributed by atoms with Crippen LogP contribution >= 0.6 is 0 Å². The molecule has 0 bridgehead atoms. The molecule has 276 valence electrons. The van der Waals surface area contributed by atoms with Crippen molar-refractivity contribution in [2.75, 3.05) is 4.90 Å². The molecule has 0 amide bonds. The fourth-order valence-electron chi connectivity index (χ4n) is 9.77. The first-order valence-corrected chi connectivity index (χ1v) is 20.5. The van der Waals surface area contributed by atoms with E-state index in [0.717, 1.165) is 30.5 Å². The number of allylic oxidation sites excluding steroid dienone is 3. The minimum atomic E-state index is -0.496. The Balaban J connectivity index is 1.03. The van der Waals surface area contributed by atoms with Gasteiger partial charge in [-0.2, -0.15) is 0 Å². The van der Waals surface area contributed by atoms with Gasteiger partial charge in [-0.25, -0.2) is 0 Å². The molecule has 7 aromatic carbocycles. The molecule has 0 radical (unpaired) electrons. The van der Waals surface area contributed by atoms with Gasteiger partial charge in [0.2, 0.25) is 0 Å². The van der Waals surface area contributed by atoms with Crippen molar-refractivity contribution in [3.63, 3.8) is 0 Å². The van der Waals surface area contributed by atoms with E-state index in [1.807, 2.05) is 12.3 Å². The Kier molecular flexibility index (Phi) is 8.36. The van der Waals surface area contributed by atoms with Gasteiger partial charge in [0, 0.05) is 23.1 Å². The first-order valence-electron chi connectivity index (χ1n) is 20.5. The number of aryl methyl sites for hydroxylation is 1. The van der Waals surface area contributed by atoms with Crippen LogP contribution in [-0.2, 0) is 11.8 Å². The van der Waals surface area contributed by atoms with Gasteiger partial charge in [-0.3, -0.25) is 4.98 Å². The predicted molar refractivity (Wildman–Crippen MR) is 243 cm³/mol.